The second kappa shape index (κ2) is 8.58. The predicted molar refractivity (Wildman–Crippen MR) is 95.2 cm³/mol. The van der Waals surface area contributed by atoms with Gasteiger partial charge >= 0.3 is 0 Å². The molecule has 23 heavy (non-hydrogen) atoms. The van der Waals surface area contributed by atoms with Gasteiger partial charge in [0.05, 0.1) is 12.3 Å². The first-order chi connectivity index (χ1) is 11.1. The number of benzene rings is 2. The fourth-order valence-corrected chi connectivity index (χ4v) is 2.19. The van der Waals surface area contributed by atoms with Crippen LogP contribution in [-0.2, 0) is 4.79 Å². The largest absolute Gasteiger partial charge is 0.491 e. The number of carbonyl (C=O) groups excluding carboxylic acids is 1. The van der Waals surface area contributed by atoms with Crippen molar-refractivity contribution < 1.29 is 14.3 Å². The molecule has 2 aromatic rings. The molecule has 0 saturated carbocycles. The number of anilines is 1. The normalized spacial score (nSPS) is 10.2. The van der Waals surface area contributed by atoms with Crippen LogP contribution in [0.4, 0.5) is 5.69 Å². The topological polar surface area (TPSA) is 47.6 Å². The molecule has 0 radical (unpaired) electrons. The van der Waals surface area contributed by atoms with E-state index in [2.05, 4.69) is 21.2 Å². The Morgan fingerprint density at radius 1 is 1.13 bits per heavy atom. The molecular weight excluding hydrogens is 358 g/mol. The lowest BCUT2D eigenvalue weighted by molar-refractivity contribution is -0.118. The average Bonchev–Trinajstić information content (AvgIpc) is 2.54. The van der Waals surface area contributed by atoms with Crippen LogP contribution in [0.5, 0.6) is 11.5 Å². The summed E-state index contributed by atoms with van der Waals surface area (Å²) in [6.07, 6.45) is 0.911. The molecule has 0 saturated heterocycles. The van der Waals surface area contributed by atoms with Crippen molar-refractivity contribution in [2.24, 2.45) is 0 Å². The number of nitrogens with one attached hydrogen (secondary N) is 1. The zero-order chi connectivity index (χ0) is 16.7. The van der Waals surface area contributed by atoms with Gasteiger partial charge in [0.25, 0.3) is 5.91 Å². The first kappa shape index (κ1) is 17.3. The van der Waals surface area contributed by atoms with Crippen LogP contribution in [0, 0.1) is 6.92 Å². The van der Waals surface area contributed by atoms with Crippen LogP contribution in [0.3, 0.4) is 0 Å². The van der Waals surface area contributed by atoms with Crippen molar-refractivity contribution in [2.45, 2.75) is 20.3 Å². The Morgan fingerprint density at radius 3 is 2.57 bits per heavy atom. The third kappa shape index (κ3) is 5.60. The summed E-state index contributed by atoms with van der Waals surface area (Å²) in [5.41, 5.74) is 1.74. The molecule has 2 aromatic carbocycles. The van der Waals surface area contributed by atoms with Gasteiger partial charge < -0.3 is 14.8 Å². The summed E-state index contributed by atoms with van der Waals surface area (Å²) in [5, 5.41) is 2.83. The van der Waals surface area contributed by atoms with Crippen molar-refractivity contribution in [3.05, 3.63) is 52.5 Å². The van der Waals surface area contributed by atoms with Crippen LogP contribution in [0.2, 0.25) is 0 Å². The number of hydrogen-bond acceptors (Lipinski definition) is 3. The smallest absolute Gasteiger partial charge is 0.262 e. The van der Waals surface area contributed by atoms with Gasteiger partial charge in [-0.25, -0.2) is 0 Å². The third-order valence-corrected chi connectivity index (χ3v) is 3.59. The van der Waals surface area contributed by atoms with Gasteiger partial charge in [0.1, 0.15) is 11.5 Å². The number of rotatable bonds is 7. The molecule has 1 amide bonds. The molecule has 0 spiro atoms. The highest BCUT2D eigenvalue weighted by molar-refractivity contribution is 9.10. The monoisotopic (exact) mass is 377 g/mol. The molecule has 5 heteroatoms. The summed E-state index contributed by atoms with van der Waals surface area (Å²) in [6.45, 7) is 4.59. The SMILES string of the molecule is CCCOc1cc(C)ccc1NC(=O)COc1ccc(Br)cc1. The quantitative estimate of drug-likeness (QED) is 0.768. The van der Waals surface area contributed by atoms with Gasteiger partial charge in [-0.1, -0.05) is 28.9 Å². The van der Waals surface area contributed by atoms with E-state index in [0.717, 1.165) is 16.5 Å². The van der Waals surface area contributed by atoms with Gasteiger partial charge in [-0.15, -0.1) is 0 Å². The highest BCUT2D eigenvalue weighted by Crippen LogP contribution is 2.26. The van der Waals surface area contributed by atoms with E-state index < -0.39 is 0 Å². The molecule has 122 valence electrons. The first-order valence-electron chi connectivity index (χ1n) is 7.50. The van der Waals surface area contributed by atoms with Gasteiger partial charge in [-0.05, 0) is 55.3 Å². The standard InChI is InChI=1S/C18H20BrNO3/c1-3-10-22-17-11-13(2)4-9-16(17)20-18(21)12-23-15-7-5-14(19)6-8-15/h4-9,11H,3,10,12H2,1-2H3,(H,20,21). The Labute approximate surface area is 144 Å². The summed E-state index contributed by atoms with van der Waals surface area (Å²) in [4.78, 5) is 12.1. The Bertz CT molecular complexity index is 656. The minimum Gasteiger partial charge on any atom is -0.491 e. The van der Waals surface area contributed by atoms with Crippen LogP contribution in [0.15, 0.2) is 46.9 Å². The first-order valence-corrected chi connectivity index (χ1v) is 8.29. The van der Waals surface area contributed by atoms with Crippen LogP contribution in [0.1, 0.15) is 18.9 Å². The van der Waals surface area contributed by atoms with Gasteiger partial charge in [0.15, 0.2) is 6.61 Å². The Kier molecular flexibility index (Phi) is 6.47. The minimum atomic E-state index is -0.224. The molecule has 0 aliphatic carbocycles. The highest BCUT2D eigenvalue weighted by Gasteiger charge is 2.09. The fourth-order valence-electron chi connectivity index (χ4n) is 1.93. The second-order valence-electron chi connectivity index (χ2n) is 5.14. The van der Waals surface area contributed by atoms with Crippen molar-refractivity contribution in [2.75, 3.05) is 18.5 Å². The summed E-state index contributed by atoms with van der Waals surface area (Å²) >= 11 is 3.36. The number of hydrogen-bond donors (Lipinski definition) is 1. The molecule has 2 rings (SSSR count). The van der Waals surface area contributed by atoms with E-state index in [9.17, 15) is 4.79 Å². The predicted octanol–water partition coefficient (Wildman–Crippen LogP) is 4.56. The van der Waals surface area contributed by atoms with Crippen molar-refractivity contribution in [3.8, 4) is 11.5 Å². The van der Waals surface area contributed by atoms with Crippen LogP contribution in [-0.4, -0.2) is 19.1 Å². The van der Waals surface area contributed by atoms with E-state index in [0.29, 0.717) is 23.8 Å². The van der Waals surface area contributed by atoms with Crippen molar-refractivity contribution >= 4 is 27.5 Å². The molecule has 0 aliphatic heterocycles. The van der Waals surface area contributed by atoms with E-state index in [1.165, 1.54) is 0 Å². The van der Waals surface area contributed by atoms with Crippen LogP contribution < -0.4 is 14.8 Å². The Hall–Kier alpha value is -2.01. The van der Waals surface area contributed by atoms with E-state index >= 15 is 0 Å². The zero-order valence-corrected chi connectivity index (χ0v) is 14.9. The molecule has 0 aliphatic rings. The van der Waals surface area contributed by atoms with Gasteiger partial charge in [-0.2, -0.15) is 0 Å². The van der Waals surface area contributed by atoms with Crippen LogP contribution >= 0.6 is 15.9 Å². The van der Waals surface area contributed by atoms with Crippen molar-refractivity contribution in [1.82, 2.24) is 0 Å². The molecule has 1 N–H and O–H groups in total. The lowest BCUT2D eigenvalue weighted by Gasteiger charge is -2.13. The second-order valence-corrected chi connectivity index (χ2v) is 6.05. The minimum absolute atomic E-state index is 0.0529. The molecule has 0 fully saturated rings. The van der Waals surface area contributed by atoms with E-state index in [1.807, 2.05) is 44.2 Å². The maximum absolute atomic E-state index is 12.1. The fraction of sp³-hybridized carbons (Fsp3) is 0.278. The van der Waals surface area contributed by atoms with Crippen LogP contribution in [0.25, 0.3) is 0 Å². The van der Waals surface area contributed by atoms with Gasteiger partial charge in [0, 0.05) is 4.47 Å². The van der Waals surface area contributed by atoms with E-state index in [-0.39, 0.29) is 12.5 Å². The maximum Gasteiger partial charge on any atom is 0.262 e. The highest BCUT2D eigenvalue weighted by atomic mass is 79.9. The van der Waals surface area contributed by atoms with E-state index in [1.54, 1.807) is 12.1 Å². The molecular formula is C18H20BrNO3. The number of ether oxygens (including phenoxy) is 2. The number of carbonyl (C=O) groups is 1. The maximum atomic E-state index is 12.1. The van der Waals surface area contributed by atoms with E-state index in [4.69, 9.17) is 9.47 Å². The Morgan fingerprint density at radius 2 is 1.87 bits per heavy atom. The lowest BCUT2D eigenvalue weighted by atomic mass is 10.2. The molecule has 0 unspecified atom stereocenters. The molecule has 4 nitrogen and oxygen atoms in total. The number of amides is 1. The summed E-state index contributed by atoms with van der Waals surface area (Å²) in [6, 6.07) is 13.0. The number of halogens is 1. The third-order valence-electron chi connectivity index (χ3n) is 3.06. The lowest BCUT2D eigenvalue weighted by Crippen LogP contribution is -2.20. The average molecular weight is 378 g/mol. The molecule has 0 bridgehead atoms. The van der Waals surface area contributed by atoms with Crippen molar-refractivity contribution in [3.63, 3.8) is 0 Å². The molecule has 0 aromatic heterocycles. The molecule has 0 atom stereocenters. The summed E-state index contributed by atoms with van der Waals surface area (Å²) in [7, 11) is 0. The molecule has 0 heterocycles. The number of aryl methyl sites for hydroxylation is 1. The zero-order valence-electron chi connectivity index (χ0n) is 13.3. The van der Waals surface area contributed by atoms with Gasteiger partial charge in [0.2, 0.25) is 0 Å². The summed E-state index contributed by atoms with van der Waals surface area (Å²) in [5.74, 6) is 1.11. The Balaban J connectivity index is 1.95. The summed E-state index contributed by atoms with van der Waals surface area (Å²) < 4.78 is 12.1. The van der Waals surface area contributed by atoms with Gasteiger partial charge in [-0.3, -0.25) is 4.79 Å². The van der Waals surface area contributed by atoms with Crippen molar-refractivity contribution in [1.29, 1.82) is 0 Å².